The van der Waals surface area contributed by atoms with Crippen molar-refractivity contribution in [3.63, 3.8) is 0 Å². The predicted octanol–water partition coefficient (Wildman–Crippen LogP) is 1.08. The molecule has 0 saturated carbocycles. The van der Waals surface area contributed by atoms with Gasteiger partial charge in [-0.15, -0.1) is 0 Å². The highest BCUT2D eigenvalue weighted by atomic mass is 32.2. The van der Waals surface area contributed by atoms with E-state index in [4.69, 9.17) is 0 Å². The summed E-state index contributed by atoms with van der Waals surface area (Å²) < 4.78 is 53.2. The summed E-state index contributed by atoms with van der Waals surface area (Å²) in [5.74, 6) is -2.95. The standard InChI is InChI=1S/C19H16F2N4O4S/c20-13-3-6-15(16(21)9-13)17(10-22)24-19(27)12-1-4-14(5-2-12)30(28,29)25-8-7-23-18(26)11-25/h1-6,9,17H,7-8,11H2,(H,23,26)(H,24,27). The largest absolute Gasteiger partial charge is 0.354 e. The van der Waals surface area contributed by atoms with Gasteiger partial charge in [0.2, 0.25) is 15.9 Å². The summed E-state index contributed by atoms with van der Waals surface area (Å²) in [6, 6.07) is 7.88. The fourth-order valence-electron chi connectivity index (χ4n) is 2.88. The molecule has 1 unspecified atom stereocenters. The van der Waals surface area contributed by atoms with E-state index in [1.807, 2.05) is 0 Å². The third kappa shape index (κ3) is 4.45. The Balaban J connectivity index is 1.76. The minimum absolute atomic E-state index is 0.0353. The van der Waals surface area contributed by atoms with Crippen LogP contribution in [0.3, 0.4) is 0 Å². The minimum Gasteiger partial charge on any atom is -0.354 e. The summed E-state index contributed by atoms with van der Waals surface area (Å²) in [6.07, 6.45) is 0. The Morgan fingerprint density at radius 1 is 1.20 bits per heavy atom. The Labute approximate surface area is 171 Å². The summed E-state index contributed by atoms with van der Waals surface area (Å²) in [6.45, 7) is 0.0368. The first kappa shape index (κ1) is 21.4. The van der Waals surface area contributed by atoms with Crippen LogP contribution in [-0.4, -0.2) is 44.2 Å². The Bertz CT molecular complexity index is 1130. The molecule has 11 heteroatoms. The van der Waals surface area contributed by atoms with Crippen molar-refractivity contribution in [1.29, 1.82) is 5.26 Å². The van der Waals surface area contributed by atoms with E-state index in [0.717, 1.165) is 16.4 Å². The van der Waals surface area contributed by atoms with Crippen LogP contribution in [0.2, 0.25) is 0 Å². The topological polar surface area (TPSA) is 119 Å². The van der Waals surface area contributed by atoms with E-state index in [0.29, 0.717) is 6.07 Å². The molecule has 1 saturated heterocycles. The van der Waals surface area contributed by atoms with Gasteiger partial charge in [0.1, 0.15) is 17.7 Å². The summed E-state index contributed by atoms with van der Waals surface area (Å²) >= 11 is 0. The molecule has 30 heavy (non-hydrogen) atoms. The molecule has 1 atom stereocenters. The highest BCUT2D eigenvalue weighted by molar-refractivity contribution is 7.89. The molecule has 2 aromatic carbocycles. The first-order valence-electron chi connectivity index (χ1n) is 8.74. The van der Waals surface area contributed by atoms with Gasteiger partial charge in [-0.25, -0.2) is 17.2 Å². The van der Waals surface area contributed by atoms with Gasteiger partial charge in [0.25, 0.3) is 5.91 Å². The fraction of sp³-hybridized carbons (Fsp3) is 0.211. The predicted molar refractivity (Wildman–Crippen MR) is 100 cm³/mol. The van der Waals surface area contributed by atoms with E-state index in [1.54, 1.807) is 6.07 Å². The fourth-order valence-corrected chi connectivity index (χ4v) is 4.27. The maximum absolute atomic E-state index is 13.9. The van der Waals surface area contributed by atoms with E-state index < -0.39 is 39.5 Å². The zero-order valence-corrected chi connectivity index (χ0v) is 16.2. The molecule has 0 bridgehead atoms. The Kier molecular flexibility index (Phi) is 6.09. The molecular formula is C19H16F2N4O4S. The van der Waals surface area contributed by atoms with Crippen LogP contribution < -0.4 is 10.6 Å². The number of carbonyl (C=O) groups is 2. The van der Waals surface area contributed by atoms with Gasteiger partial charge < -0.3 is 10.6 Å². The SMILES string of the molecule is N#CC(NC(=O)c1ccc(S(=O)(=O)N2CCNC(=O)C2)cc1)c1ccc(F)cc1F. The molecule has 0 aliphatic carbocycles. The van der Waals surface area contributed by atoms with Gasteiger partial charge in [-0.05, 0) is 30.3 Å². The molecule has 0 spiro atoms. The molecule has 1 fully saturated rings. The molecule has 1 aliphatic rings. The van der Waals surface area contributed by atoms with E-state index in [-0.39, 0.29) is 35.7 Å². The number of halogens is 2. The van der Waals surface area contributed by atoms with Crippen LogP contribution >= 0.6 is 0 Å². The number of hydrogen-bond acceptors (Lipinski definition) is 5. The van der Waals surface area contributed by atoms with Crippen molar-refractivity contribution in [2.75, 3.05) is 19.6 Å². The number of sulfonamides is 1. The third-order valence-corrected chi connectivity index (χ3v) is 6.30. The lowest BCUT2D eigenvalue weighted by molar-refractivity contribution is -0.122. The number of hydrogen-bond donors (Lipinski definition) is 2. The lowest BCUT2D eigenvalue weighted by atomic mass is 10.1. The first-order chi connectivity index (χ1) is 14.2. The molecular weight excluding hydrogens is 418 g/mol. The van der Waals surface area contributed by atoms with Crippen LogP contribution in [0.15, 0.2) is 47.4 Å². The minimum atomic E-state index is -3.91. The molecule has 2 aromatic rings. The zero-order chi connectivity index (χ0) is 21.9. The molecule has 8 nitrogen and oxygen atoms in total. The lowest BCUT2D eigenvalue weighted by Crippen LogP contribution is -2.49. The molecule has 156 valence electrons. The smallest absolute Gasteiger partial charge is 0.252 e. The average molecular weight is 434 g/mol. The summed E-state index contributed by atoms with van der Waals surface area (Å²) in [5, 5.41) is 14.1. The van der Waals surface area contributed by atoms with Crippen molar-refractivity contribution in [1.82, 2.24) is 14.9 Å². The number of benzene rings is 2. The van der Waals surface area contributed by atoms with Crippen molar-refractivity contribution in [2.45, 2.75) is 10.9 Å². The first-order valence-corrected chi connectivity index (χ1v) is 10.2. The second kappa shape index (κ2) is 8.56. The van der Waals surface area contributed by atoms with Crippen LogP contribution in [0.1, 0.15) is 22.0 Å². The highest BCUT2D eigenvalue weighted by Crippen LogP contribution is 2.20. The Morgan fingerprint density at radius 2 is 1.90 bits per heavy atom. The molecule has 2 N–H and O–H groups in total. The molecule has 0 aromatic heterocycles. The van der Waals surface area contributed by atoms with Crippen molar-refractivity contribution in [3.05, 3.63) is 65.2 Å². The Morgan fingerprint density at radius 3 is 2.50 bits per heavy atom. The van der Waals surface area contributed by atoms with Gasteiger partial charge in [-0.2, -0.15) is 9.57 Å². The third-order valence-electron chi connectivity index (χ3n) is 4.44. The Hall–Kier alpha value is -3.36. The lowest BCUT2D eigenvalue weighted by Gasteiger charge is -2.25. The van der Waals surface area contributed by atoms with Crippen LogP contribution in [0.5, 0.6) is 0 Å². The number of nitrogens with zero attached hydrogens (tertiary/aromatic N) is 2. The van der Waals surface area contributed by atoms with E-state index >= 15 is 0 Å². The van der Waals surface area contributed by atoms with Gasteiger partial charge in [0.15, 0.2) is 0 Å². The van der Waals surface area contributed by atoms with Crippen molar-refractivity contribution >= 4 is 21.8 Å². The van der Waals surface area contributed by atoms with Crippen LogP contribution in [-0.2, 0) is 14.8 Å². The highest BCUT2D eigenvalue weighted by Gasteiger charge is 2.29. The van der Waals surface area contributed by atoms with Gasteiger partial charge in [-0.3, -0.25) is 9.59 Å². The van der Waals surface area contributed by atoms with E-state index in [9.17, 15) is 32.0 Å². The van der Waals surface area contributed by atoms with Gasteiger partial charge >= 0.3 is 0 Å². The molecule has 1 aliphatic heterocycles. The number of rotatable bonds is 5. The summed E-state index contributed by atoms with van der Waals surface area (Å²) in [5.41, 5.74) is -0.164. The van der Waals surface area contributed by atoms with Gasteiger partial charge in [0.05, 0.1) is 17.5 Å². The van der Waals surface area contributed by atoms with E-state index in [2.05, 4.69) is 10.6 Å². The molecule has 1 heterocycles. The number of carbonyl (C=O) groups excluding carboxylic acids is 2. The van der Waals surface area contributed by atoms with Gasteiger partial charge in [0, 0.05) is 30.3 Å². The monoisotopic (exact) mass is 434 g/mol. The normalized spacial score (nSPS) is 15.7. The second-order valence-corrected chi connectivity index (χ2v) is 8.35. The zero-order valence-electron chi connectivity index (χ0n) is 15.4. The molecule has 2 amide bonds. The second-order valence-electron chi connectivity index (χ2n) is 6.41. The van der Waals surface area contributed by atoms with Crippen molar-refractivity contribution in [3.8, 4) is 6.07 Å². The van der Waals surface area contributed by atoms with Crippen molar-refractivity contribution in [2.24, 2.45) is 0 Å². The number of nitrogens with one attached hydrogen (secondary N) is 2. The molecule has 3 rings (SSSR count). The quantitative estimate of drug-likeness (QED) is 0.730. The van der Waals surface area contributed by atoms with Crippen LogP contribution in [0.25, 0.3) is 0 Å². The molecule has 0 radical (unpaired) electrons. The number of piperazine rings is 1. The van der Waals surface area contributed by atoms with Gasteiger partial charge in [-0.1, -0.05) is 6.07 Å². The average Bonchev–Trinajstić information content (AvgIpc) is 2.72. The summed E-state index contributed by atoms with van der Waals surface area (Å²) in [4.78, 5) is 23.7. The number of nitriles is 1. The maximum atomic E-state index is 13.9. The van der Waals surface area contributed by atoms with E-state index in [1.165, 1.54) is 24.3 Å². The number of amides is 2. The van der Waals surface area contributed by atoms with Crippen LogP contribution in [0, 0.1) is 23.0 Å². The summed E-state index contributed by atoms with van der Waals surface area (Å²) in [7, 11) is -3.91. The maximum Gasteiger partial charge on any atom is 0.252 e. The van der Waals surface area contributed by atoms with Crippen molar-refractivity contribution < 1.29 is 26.8 Å². The van der Waals surface area contributed by atoms with Crippen LogP contribution in [0.4, 0.5) is 8.78 Å².